The number of aryl methyl sites for hydroxylation is 1. The summed E-state index contributed by atoms with van der Waals surface area (Å²) in [7, 11) is 3.52. The van der Waals surface area contributed by atoms with Crippen molar-refractivity contribution in [1.29, 1.82) is 0 Å². The Morgan fingerprint density at radius 3 is 2.62 bits per heavy atom. The highest BCUT2D eigenvalue weighted by Crippen LogP contribution is 2.37. The Balaban J connectivity index is 1.51. The third kappa shape index (κ3) is 4.49. The summed E-state index contributed by atoms with van der Waals surface area (Å²) >= 11 is 0. The summed E-state index contributed by atoms with van der Waals surface area (Å²) < 4.78 is 7.31. The van der Waals surface area contributed by atoms with Gasteiger partial charge in [-0.15, -0.1) is 0 Å². The van der Waals surface area contributed by atoms with Crippen molar-refractivity contribution >= 4 is 28.4 Å². The molecule has 2 atom stereocenters. The van der Waals surface area contributed by atoms with E-state index in [-0.39, 0.29) is 11.8 Å². The van der Waals surface area contributed by atoms with Crippen LogP contribution in [0.3, 0.4) is 0 Å². The minimum Gasteiger partial charge on any atom is -0.497 e. The van der Waals surface area contributed by atoms with Crippen molar-refractivity contribution in [2.75, 3.05) is 44.7 Å². The molecule has 2 aliphatic heterocycles. The van der Waals surface area contributed by atoms with E-state index in [1.165, 1.54) is 6.42 Å². The van der Waals surface area contributed by atoms with Crippen molar-refractivity contribution in [1.82, 2.24) is 14.8 Å². The SMILES string of the molecule is COc1ccc2c(c1)c(N1CCCC1=O)c(C(=O)NCCCN1CC(C)CC(C)C1)n2C. The first-order valence-corrected chi connectivity index (χ1v) is 11.9. The van der Waals surface area contributed by atoms with E-state index >= 15 is 0 Å². The van der Waals surface area contributed by atoms with Crippen LogP contribution in [-0.4, -0.2) is 61.1 Å². The van der Waals surface area contributed by atoms with Crippen LogP contribution >= 0.6 is 0 Å². The average molecular weight is 441 g/mol. The molecule has 1 aromatic heterocycles. The fraction of sp³-hybridized carbons (Fsp3) is 0.600. The van der Waals surface area contributed by atoms with Crippen LogP contribution in [0.1, 0.15) is 50.0 Å². The number of fused-ring (bicyclic) bond motifs is 1. The number of hydrogen-bond donors (Lipinski definition) is 1. The van der Waals surface area contributed by atoms with Gasteiger partial charge in [0.15, 0.2) is 0 Å². The van der Waals surface area contributed by atoms with Crippen LogP contribution in [0.2, 0.25) is 0 Å². The van der Waals surface area contributed by atoms with E-state index in [9.17, 15) is 9.59 Å². The number of hydrogen-bond acceptors (Lipinski definition) is 4. The highest BCUT2D eigenvalue weighted by molar-refractivity contribution is 6.14. The van der Waals surface area contributed by atoms with Gasteiger partial charge < -0.3 is 24.4 Å². The first kappa shape index (κ1) is 22.6. The second kappa shape index (κ2) is 9.53. The predicted octanol–water partition coefficient (Wildman–Crippen LogP) is 3.41. The monoisotopic (exact) mass is 440 g/mol. The third-order valence-corrected chi connectivity index (χ3v) is 6.82. The van der Waals surface area contributed by atoms with E-state index in [0.717, 1.165) is 55.2 Å². The molecule has 0 radical (unpaired) electrons. The van der Waals surface area contributed by atoms with Gasteiger partial charge in [0.25, 0.3) is 5.91 Å². The summed E-state index contributed by atoms with van der Waals surface area (Å²) in [5.74, 6) is 2.14. The average Bonchev–Trinajstić information content (AvgIpc) is 3.30. The van der Waals surface area contributed by atoms with Crippen LogP contribution < -0.4 is 15.0 Å². The highest BCUT2D eigenvalue weighted by Gasteiger charge is 2.31. The number of amides is 2. The second-order valence-electron chi connectivity index (χ2n) is 9.60. The van der Waals surface area contributed by atoms with Gasteiger partial charge in [0.05, 0.1) is 18.3 Å². The minimum absolute atomic E-state index is 0.0720. The fourth-order valence-corrected chi connectivity index (χ4v) is 5.51. The molecular weight excluding hydrogens is 404 g/mol. The molecule has 1 N–H and O–H groups in total. The number of aromatic nitrogens is 1. The van der Waals surface area contributed by atoms with E-state index in [0.29, 0.717) is 36.6 Å². The zero-order valence-corrected chi connectivity index (χ0v) is 19.8. The molecule has 2 unspecified atom stereocenters. The molecule has 0 spiro atoms. The summed E-state index contributed by atoms with van der Waals surface area (Å²) in [6.45, 7) is 9.19. The summed E-state index contributed by atoms with van der Waals surface area (Å²) in [6.07, 6.45) is 3.55. The highest BCUT2D eigenvalue weighted by atomic mass is 16.5. The van der Waals surface area contributed by atoms with Crippen LogP contribution in [0.25, 0.3) is 10.9 Å². The lowest BCUT2D eigenvalue weighted by molar-refractivity contribution is -0.117. The molecule has 1 aromatic carbocycles. The molecule has 4 rings (SSSR count). The number of rotatable bonds is 7. The summed E-state index contributed by atoms with van der Waals surface area (Å²) in [4.78, 5) is 30.2. The van der Waals surface area contributed by atoms with Crippen molar-refractivity contribution < 1.29 is 14.3 Å². The van der Waals surface area contributed by atoms with Crippen LogP contribution in [0, 0.1) is 11.8 Å². The molecule has 2 saturated heterocycles. The molecule has 3 heterocycles. The van der Waals surface area contributed by atoms with Gasteiger partial charge >= 0.3 is 0 Å². The molecule has 0 saturated carbocycles. The zero-order chi connectivity index (χ0) is 22.8. The van der Waals surface area contributed by atoms with Gasteiger partial charge in [-0.3, -0.25) is 9.59 Å². The lowest BCUT2D eigenvalue weighted by atomic mass is 9.92. The van der Waals surface area contributed by atoms with Gasteiger partial charge in [-0.05, 0) is 55.8 Å². The van der Waals surface area contributed by atoms with Gasteiger partial charge in [0, 0.05) is 45.0 Å². The first-order valence-electron chi connectivity index (χ1n) is 11.9. The Bertz CT molecular complexity index is 989. The van der Waals surface area contributed by atoms with Crippen molar-refractivity contribution in [3.8, 4) is 5.75 Å². The molecule has 2 amide bonds. The van der Waals surface area contributed by atoms with Crippen molar-refractivity contribution in [3.05, 3.63) is 23.9 Å². The Kier molecular flexibility index (Phi) is 6.74. The number of carbonyl (C=O) groups is 2. The molecule has 174 valence electrons. The summed E-state index contributed by atoms with van der Waals surface area (Å²) in [6, 6.07) is 5.76. The Labute approximate surface area is 190 Å². The van der Waals surface area contributed by atoms with Gasteiger partial charge in [-0.1, -0.05) is 13.8 Å². The zero-order valence-electron chi connectivity index (χ0n) is 19.8. The number of nitrogens with zero attached hydrogens (tertiary/aromatic N) is 3. The maximum atomic E-state index is 13.3. The summed E-state index contributed by atoms with van der Waals surface area (Å²) in [5, 5.41) is 3.99. The van der Waals surface area contributed by atoms with Gasteiger partial charge in [0.2, 0.25) is 5.91 Å². The van der Waals surface area contributed by atoms with Crippen molar-refractivity contribution in [2.45, 2.75) is 39.5 Å². The van der Waals surface area contributed by atoms with E-state index in [4.69, 9.17) is 4.74 Å². The molecule has 2 aliphatic rings. The smallest absolute Gasteiger partial charge is 0.270 e. The quantitative estimate of drug-likeness (QED) is 0.670. The predicted molar refractivity (Wildman–Crippen MR) is 127 cm³/mol. The van der Waals surface area contributed by atoms with Crippen LogP contribution in [0.15, 0.2) is 18.2 Å². The van der Waals surface area contributed by atoms with E-state index in [1.54, 1.807) is 12.0 Å². The van der Waals surface area contributed by atoms with Gasteiger partial charge in [-0.2, -0.15) is 0 Å². The molecule has 7 nitrogen and oxygen atoms in total. The lowest BCUT2D eigenvalue weighted by Gasteiger charge is -2.34. The van der Waals surface area contributed by atoms with Crippen LogP contribution in [-0.2, 0) is 11.8 Å². The second-order valence-corrected chi connectivity index (χ2v) is 9.60. The normalized spacial score (nSPS) is 22.0. The molecule has 32 heavy (non-hydrogen) atoms. The topological polar surface area (TPSA) is 66.8 Å². The Morgan fingerprint density at radius 1 is 1.22 bits per heavy atom. The molecular formula is C25H36N4O3. The van der Waals surface area contributed by atoms with E-state index < -0.39 is 0 Å². The first-order chi connectivity index (χ1) is 15.4. The number of benzene rings is 1. The number of anilines is 1. The van der Waals surface area contributed by atoms with E-state index in [1.807, 2.05) is 29.8 Å². The van der Waals surface area contributed by atoms with Crippen LogP contribution in [0.5, 0.6) is 5.75 Å². The number of methoxy groups -OCH3 is 1. The summed E-state index contributed by atoms with van der Waals surface area (Å²) in [5.41, 5.74) is 2.17. The maximum absolute atomic E-state index is 13.3. The number of likely N-dealkylation sites (tertiary alicyclic amines) is 1. The van der Waals surface area contributed by atoms with E-state index in [2.05, 4.69) is 24.1 Å². The van der Waals surface area contributed by atoms with Gasteiger partial charge in [-0.25, -0.2) is 0 Å². The maximum Gasteiger partial charge on any atom is 0.270 e. The van der Waals surface area contributed by atoms with Gasteiger partial charge in [0.1, 0.15) is 11.4 Å². The van der Waals surface area contributed by atoms with Crippen LogP contribution in [0.4, 0.5) is 5.69 Å². The number of piperidine rings is 1. The Hall–Kier alpha value is -2.54. The molecule has 2 aromatic rings. The standard InChI is InChI=1S/C25H36N4O3/c1-17-13-18(2)16-28(15-17)11-6-10-26-25(31)24-23(29-12-5-7-22(29)30)20-14-19(32-4)8-9-21(20)27(24)3/h8-9,14,17-18H,5-7,10-13,15-16H2,1-4H3,(H,26,31). The molecule has 7 heteroatoms. The molecule has 0 aliphatic carbocycles. The largest absolute Gasteiger partial charge is 0.497 e. The molecule has 2 fully saturated rings. The van der Waals surface area contributed by atoms with Crippen molar-refractivity contribution in [2.24, 2.45) is 18.9 Å². The fourth-order valence-electron chi connectivity index (χ4n) is 5.51. The Morgan fingerprint density at radius 2 is 1.97 bits per heavy atom. The molecule has 0 bridgehead atoms. The number of carbonyl (C=O) groups excluding carboxylic acids is 2. The minimum atomic E-state index is -0.127. The lowest BCUT2D eigenvalue weighted by Crippen LogP contribution is -2.40. The number of nitrogens with one attached hydrogen (secondary N) is 1. The third-order valence-electron chi connectivity index (χ3n) is 6.82. The van der Waals surface area contributed by atoms with Crippen molar-refractivity contribution in [3.63, 3.8) is 0 Å². The number of ether oxygens (including phenoxy) is 1.